The summed E-state index contributed by atoms with van der Waals surface area (Å²) in [6.45, 7) is 7.77. The van der Waals surface area contributed by atoms with E-state index in [0.29, 0.717) is 29.0 Å². The van der Waals surface area contributed by atoms with Crippen molar-refractivity contribution >= 4 is 17.2 Å². The molecule has 2 bridgehead atoms. The van der Waals surface area contributed by atoms with Crippen LogP contribution in [0.1, 0.15) is 45.1 Å². The second-order valence-electron chi connectivity index (χ2n) is 11.2. The summed E-state index contributed by atoms with van der Waals surface area (Å²) in [7, 11) is 1.89. The molecule has 4 heterocycles. The van der Waals surface area contributed by atoms with Crippen LogP contribution in [-0.4, -0.2) is 41.9 Å². The van der Waals surface area contributed by atoms with Crippen molar-refractivity contribution in [1.82, 2.24) is 29.7 Å². The SMILES string of the molecule is C=C(C)C(=O)NC1(C)C2CCC1CC(Nc1ccc(-c3cc(-c4cnn(C)c4)cn4ncc(C#N)c34)cn1)C2. The van der Waals surface area contributed by atoms with Crippen molar-refractivity contribution in [3.8, 4) is 28.3 Å². The fraction of sp³-hybridized carbons (Fsp3) is 0.367. The van der Waals surface area contributed by atoms with E-state index in [1.165, 1.54) is 0 Å². The molecule has 0 radical (unpaired) electrons. The molecule has 2 N–H and O–H groups in total. The lowest BCUT2D eigenvalue weighted by atomic mass is 9.71. The lowest BCUT2D eigenvalue weighted by Gasteiger charge is -2.45. The number of anilines is 1. The van der Waals surface area contributed by atoms with Gasteiger partial charge in [-0.25, -0.2) is 9.50 Å². The van der Waals surface area contributed by atoms with Gasteiger partial charge in [0.2, 0.25) is 5.91 Å². The molecular weight excluding hydrogens is 488 g/mol. The third-order valence-corrected chi connectivity index (χ3v) is 8.67. The first-order chi connectivity index (χ1) is 18.7. The summed E-state index contributed by atoms with van der Waals surface area (Å²) in [5, 5.41) is 25.4. The molecule has 39 heavy (non-hydrogen) atoms. The van der Waals surface area contributed by atoms with Crippen LogP contribution < -0.4 is 10.6 Å². The number of carbonyl (C=O) groups excluding carboxylic acids is 1. The first-order valence-corrected chi connectivity index (χ1v) is 13.4. The Morgan fingerprint density at radius 1 is 1.10 bits per heavy atom. The maximum atomic E-state index is 12.4. The summed E-state index contributed by atoms with van der Waals surface area (Å²) in [5.74, 6) is 1.63. The van der Waals surface area contributed by atoms with Crippen molar-refractivity contribution < 1.29 is 4.79 Å². The van der Waals surface area contributed by atoms with E-state index in [4.69, 9.17) is 4.98 Å². The lowest BCUT2D eigenvalue weighted by Crippen LogP contribution is -2.57. The van der Waals surface area contributed by atoms with Crippen LogP contribution in [0.5, 0.6) is 0 Å². The molecule has 2 unspecified atom stereocenters. The van der Waals surface area contributed by atoms with Crippen LogP contribution in [0.25, 0.3) is 27.8 Å². The van der Waals surface area contributed by atoms with Crippen LogP contribution in [-0.2, 0) is 11.8 Å². The maximum absolute atomic E-state index is 12.4. The molecule has 9 nitrogen and oxygen atoms in total. The Bertz CT molecular complexity index is 1610. The van der Waals surface area contributed by atoms with Crippen molar-refractivity contribution in [1.29, 1.82) is 5.26 Å². The molecule has 0 aromatic carbocycles. The zero-order valence-corrected chi connectivity index (χ0v) is 22.5. The third kappa shape index (κ3) is 4.36. The van der Waals surface area contributed by atoms with Gasteiger partial charge in [0.1, 0.15) is 11.9 Å². The van der Waals surface area contributed by atoms with E-state index in [1.54, 1.807) is 22.3 Å². The average Bonchev–Trinajstić information content (AvgIpc) is 3.57. The highest BCUT2D eigenvalue weighted by Crippen LogP contribution is 2.50. The fourth-order valence-electron chi connectivity index (χ4n) is 6.52. The molecule has 0 aliphatic heterocycles. The average molecular weight is 521 g/mol. The standard InChI is InChI=1S/C30H32N8O/c1-18(2)29(39)36-30(3)23-6-7-24(30)11-25(10-23)35-27-8-5-19(13-32-27)26-9-20(22-15-33-37(4)16-22)17-38-28(26)21(12-31)14-34-38/h5,8-9,13-17,23-25H,1,6-7,10-11H2,2-4H3,(H,32,35)(H,36,39). The molecule has 6 rings (SSSR count). The van der Waals surface area contributed by atoms with Gasteiger partial charge in [-0.1, -0.05) is 6.58 Å². The number of rotatable bonds is 6. The zero-order chi connectivity index (χ0) is 27.3. The minimum Gasteiger partial charge on any atom is -0.367 e. The van der Waals surface area contributed by atoms with Crippen molar-refractivity contribution in [2.24, 2.45) is 18.9 Å². The minimum absolute atomic E-state index is 0.0440. The normalized spacial score (nSPS) is 23.9. The van der Waals surface area contributed by atoms with E-state index >= 15 is 0 Å². The van der Waals surface area contributed by atoms with E-state index in [1.807, 2.05) is 44.0 Å². The van der Waals surface area contributed by atoms with E-state index in [0.717, 1.165) is 59.3 Å². The van der Waals surface area contributed by atoms with Gasteiger partial charge < -0.3 is 10.6 Å². The molecule has 2 fully saturated rings. The van der Waals surface area contributed by atoms with Gasteiger partial charge in [0, 0.05) is 65.0 Å². The number of nitrogens with one attached hydrogen (secondary N) is 2. The highest BCUT2D eigenvalue weighted by molar-refractivity contribution is 5.92. The van der Waals surface area contributed by atoms with Gasteiger partial charge >= 0.3 is 0 Å². The molecule has 2 aliphatic rings. The Kier molecular flexibility index (Phi) is 5.98. The number of carbonyl (C=O) groups is 1. The van der Waals surface area contributed by atoms with Gasteiger partial charge in [-0.05, 0) is 69.6 Å². The van der Waals surface area contributed by atoms with Gasteiger partial charge in [0.05, 0.1) is 23.5 Å². The first-order valence-electron chi connectivity index (χ1n) is 13.4. The van der Waals surface area contributed by atoms with E-state index in [9.17, 15) is 10.1 Å². The van der Waals surface area contributed by atoms with Gasteiger partial charge in [0.25, 0.3) is 0 Å². The van der Waals surface area contributed by atoms with E-state index < -0.39 is 0 Å². The Morgan fingerprint density at radius 2 is 1.87 bits per heavy atom. The third-order valence-electron chi connectivity index (χ3n) is 8.67. The van der Waals surface area contributed by atoms with Crippen molar-refractivity contribution in [2.75, 3.05) is 5.32 Å². The smallest absolute Gasteiger partial charge is 0.246 e. The van der Waals surface area contributed by atoms with Crippen molar-refractivity contribution in [3.05, 3.63) is 66.9 Å². The summed E-state index contributed by atoms with van der Waals surface area (Å²) in [4.78, 5) is 17.2. The molecule has 9 heteroatoms. The van der Waals surface area contributed by atoms with Crippen LogP contribution in [0.4, 0.5) is 5.82 Å². The van der Waals surface area contributed by atoms with Crippen molar-refractivity contribution in [2.45, 2.75) is 51.1 Å². The van der Waals surface area contributed by atoms with E-state index in [-0.39, 0.29) is 11.4 Å². The summed E-state index contributed by atoms with van der Waals surface area (Å²) in [6, 6.07) is 8.68. The largest absolute Gasteiger partial charge is 0.367 e. The second-order valence-corrected chi connectivity index (χ2v) is 11.2. The number of fused-ring (bicyclic) bond motifs is 3. The van der Waals surface area contributed by atoms with Gasteiger partial charge in [0.15, 0.2) is 0 Å². The number of aromatic nitrogens is 5. The summed E-state index contributed by atoms with van der Waals surface area (Å²) in [5.41, 5.74) is 5.38. The number of amides is 1. The first kappa shape index (κ1) is 24.9. The molecule has 0 saturated heterocycles. The monoisotopic (exact) mass is 520 g/mol. The highest BCUT2D eigenvalue weighted by Gasteiger charge is 2.52. The zero-order valence-electron chi connectivity index (χ0n) is 22.5. The number of hydrogen-bond donors (Lipinski definition) is 2. The molecule has 0 spiro atoms. The molecule has 198 valence electrons. The maximum Gasteiger partial charge on any atom is 0.246 e. The van der Waals surface area contributed by atoms with Crippen LogP contribution in [0.3, 0.4) is 0 Å². The van der Waals surface area contributed by atoms with Crippen molar-refractivity contribution in [3.63, 3.8) is 0 Å². The summed E-state index contributed by atoms with van der Waals surface area (Å²) < 4.78 is 3.52. The Morgan fingerprint density at radius 3 is 2.49 bits per heavy atom. The highest BCUT2D eigenvalue weighted by atomic mass is 16.1. The molecule has 2 saturated carbocycles. The fourth-order valence-corrected chi connectivity index (χ4v) is 6.52. The Labute approximate surface area is 227 Å². The molecule has 2 aliphatic carbocycles. The van der Waals surface area contributed by atoms with Gasteiger partial charge in [-0.15, -0.1) is 0 Å². The molecule has 4 aromatic heterocycles. The number of nitriles is 1. The lowest BCUT2D eigenvalue weighted by molar-refractivity contribution is -0.120. The Hall–Kier alpha value is -4.45. The number of nitrogens with zero attached hydrogens (tertiary/aromatic N) is 6. The molecule has 4 aromatic rings. The quantitative estimate of drug-likeness (QED) is 0.356. The topological polar surface area (TPSA) is 113 Å². The van der Waals surface area contributed by atoms with Crippen LogP contribution >= 0.6 is 0 Å². The predicted octanol–water partition coefficient (Wildman–Crippen LogP) is 4.72. The summed E-state index contributed by atoms with van der Waals surface area (Å²) >= 11 is 0. The number of hydrogen-bond acceptors (Lipinski definition) is 6. The van der Waals surface area contributed by atoms with Crippen LogP contribution in [0, 0.1) is 23.2 Å². The number of pyridine rings is 2. The van der Waals surface area contributed by atoms with Crippen LogP contribution in [0.15, 0.2) is 61.3 Å². The number of aryl methyl sites for hydroxylation is 1. The molecular formula is C30H32N8O. The van der Waals surface area contributed by atoms with Crippen LogP contribution in [0.2, 0.25) is 0 Å². The predicted molar refractivity (Wildman–Crippen MR) is 150 cm³/mol. The van der Waals surface area contributed by atoms with Gasteiger partial charge in [-0.3, -0.25) is 9.48 Å². The molecule has 1 amide bonds. The van der Waals surface area contributed by atoms with Gasteiger partial charge in [-0.2, -0.15) is 15.5 Å². The second kappa shape index (κ2) is 9.38. The minimum atomic E-state index is -0.181. The molecule has 2 atom stereocenters. The summed E-state index contributed by atoms with van der Waals surface area (Å²) in [6.07, 6.45) is 13.4. The Balaban J connectivity index is 1.24. The van der Waals surface area contributed by atoms with E-state index in [2.05, 4.69) is 46.5 Å².